The Hall–Kier alpha value is -4.55. The quantitative estimate of drug-likeness (QED) is 0.163. The Morgan fingerprint density at radius 3 is 2.00 bits per heavy atom. The molecule has 2 aromatic rings. The average Bonchev–Trinajstić information content (AvgIpc) is 2.85. The van der Waals surface area contributed by atoms with Crippen molar-refractivity contribution in [2.75, 3.05) is 7.11 Å². The van der Waals surface area contributed by atoms with Gasteiger partial charge in [-0.05, 0) is 47.5 Å². The molecular formula is C26H26O12. The molecule has 1 aliphatic rings. The number of carbonyl (C=O) groups excluding carboxylic acids is 2. The van der Waals surface area contributed by atoms with Gasteiger partial charge in [0.05, 0.1) is 13.2 Å². The largest absolute Gasteiger partial charge is 0.504 e. The van der Waals surface area contributed by atoms with Crippen LogP contribution >= 0.6 is 0 Å². The average molecular weight is 530 g/mol. The number of carbonyl (C=O) groups is 3. The Balaban J connectivity index is 1.75. The van der Waals surface area contributed by atoms with E-state index in [0.29, 0.717) is 11.1 Å². The third-order valence-electron chi connectivity index (χ3n) is 5.78. The summed E-state index contributed by atoms with van der Waals surface area (Å²) in [5.74, 6) is -4.38. The molecule has 0 aromatic heterocycles. The fraction of sp³-hybridized carbons (Fsp3) is 0.269. The lowest BCUT2D eigenvalue weighted by molar-refractivity contribution is -0.204. The van der Waals surface area contributed by atoms with Gasteiger partial charge in [0.1, 0.15) is 6.10 Å². The summed E-state index contributed by atoms with van der Waals surface area (Å²) in [5, 5.41) is 59.1. The zero-order chi connectivity index (χ0) is 28.0. The maximum atomic E-state index is 12.5. The van der Waals surface area contributed by atoms with Crippen LogP contribution in [0.1, 0.15) is 24.0 Å². The van der Waals surface area contributed by atoms with Gasteiger partial charge in [-0.3, -0.25) is 0 Å². The summed E-state index contributed by atoms with van der Waals surface area (Å²) in [5.41, 5.74) is -1.71. The van der Waals surface area contributed by atoms with Crippen molar-refractivity contribution in [3.8, 4) is 23.0 Å². The van der Waals surface area contributed by atoms with Crippen LogP contribution in [0.25, 0.3) is 12.2 Å². The van der Waals surface area contributed by atoms with E-state index in [1.807, 2.05) is 0 Å². The summed E-state index contributed by atoms with van der Waals surface area (Å²) >= 11 is 0. The molecular weight excluding hydrogens is 504 g/mol. The van der Waals surface area contributed by atoms with Crippen molar-refractivity contribution in [1.82, 2.24) is 0 Å². The summed E-state index contributed by atoms with van der Waals surface area (Å²) in [7, 11) is 1.38. The minimum absolute atomic E-state index is 0.166. The number of carboxylic acid groups (broad SMARTS) is 1. The third kappa shape index (κ3) is 6.81. The number of ether oxygens (including phenoxy) is 3. The Morgan fingerprint density at radius 2 is 1.45 bits per heavy atom. The molecule has 1 aliphatic carbocycles. The van der Waals surface area contributed by atoms with Crippen LogP contribution in [-0.2, 0) is 23.9 Å². The van der Waals surface area contributed by atoms with Gasteiger partial charge in [-0.15, -0.1) is 0 Å². The molecule has 12 nitrogen and oxygen atoms in total. The smallest absolute Gasteiger partial charge is 0.335 e. The van der Waals surface area contributed by atoms with Crippen LogP contribution in [-0.4, -0.2) is 79.6 Å². The summed E-state index contributed by atoms with van der Waals surface area (Å²) in [6.45, 7) is 0. The molecule has 6 N–H and O–H groups in total. The third-order valence-corrected chi connectivity index (χ3v) is 5.78. The van der Waals surface area contributed by atoms with Gasteiger partial charge in [0, 0.05) is 25.0 Å². The minimum atomic E-state index is -2.45. The Bertz CT molecular complexity index is 1270. The number of phenolic OH excluding ortho intramolecular Hbond substituents is 3. The summed E-state index contributed by atoms with van der Waals surface area (Å²) in [4.78, 5) is 36.5. The lowest BCUT2D eigenvalue weighted by atomic mass is 9.79. The first-order valence-corrected chi connectivity index (χ1v) is 11.2. The topological polar surface area (TPSA) is 200 Å². The zero-order valence-corrected chi connectivity index (χ0v) is 20.1. The van der Waals surface area contributed by atoms with Crippen LogP contribution < -0.4 is 4.74 Å². The first-order chi connectivity index (χ1) is 17.9. The molecule has 2 aromatic carbocycles. The van der Waals surface area contributed by atoms with Crippen molar-refractivity contribution in [3.63, 3.8) is 0 Å². The summed E-state index contributed by atoms with van der Waals surface area (Å²) in [6, 6.07) is 8.12. The first kappa shape index (κ1) is 28.0. The Morgan fingerprint density at radius 1 is 0.868 bits per heavy atom. The number of aliphatic hydroxyl groups excluding tert-OH is 1. The van der Waals surface area contributed by atoms with Crippen LogP contribution in [0.2, 0.25) is 0 Å². The lowest BCUT2D eigenvalue weighted by Crippen LogP contribution is -2.58. The molecule has 0 bridgehead atoms. The van der Waals surface area contributed by atoms with Gasteiger partial charge in [0.2, 0.25) is 0 Å². The number of benzene rings is 2. The molecule has 38 heavy (non-hydrogen) atoms. The van der Waals surface area contributed by atoms with Gasteiger partial charge in [-0.25, -0.2) is 14.4 Å². The van der Waals surface area contributed by atoms with Gasteiger partial charge in [0.15, 0.2) is 34.7 Å². The molecule has 1 saturated carbocycles. The number of esters is 2. The highest BCUT2D eigenvalue weighted by molar-refractivity contribution is 5.88. The number of carboxylic acids is 1. The number of hydrogen-bond acceptors (Lipinski definition) is 11. The van der Waals surface area contributed by atoms with E-state index < -0.39 is 60.4 Å². The number of hydrogen-bond donors (Lipinski definition) is 6. The highest BCUT2D eigenvalue weighted by Crippen LogP contribution is 2.33. The SMILES string of the molecule is COc1ccc(/C=C/C(=O)O[C@@H]2[C@H](O)C[C@@](O)(C(=O)O)C[C@H]2OC(=O)/C=C/c2ccc(O)c(O)c2)cc1O. The van der Waals surface area contributed by atoms with Crippen molar-refractivity contribution in [3.05, 3.63) is 59.7 Å². The fourth-order valence-electron chi connectivity index (χ4n) is 3.83. The van der Waals surface area contributed by atoms with Crippen molar-refractivity contribution in [2.24, 2.45) is 0 Å². The van der Waals surface area contributed by atoms with E-state index in [4.69, 9.17) is 14.2 Å². The summed E-state index contributed by atoms with van der Waals surface area (Å²) < 4.78 is 15.4. The van der Waals surface area contributed by atoms with Gasteiger partial charge < -0.3 is 44.8 Å². The molecule has 0 amide bonds. The molecule has 1 fully saturated rings. The minimum Gasteiger partial charge on any atom is -0.504 e. The van der Waals surface area contributed by atoms with Crippen molar-refractivity contribution in [2.45, 2.75) is 36.8 Å². The van der Waals surface area contributed by atoms with Crippen molar-refractivity contribution in [1.29, 1.82) is 0 Å². The van der Waals surface area contributed by atoms with Gasteiger partial charge in [-0.1, -0.05) is 12.1 Å². The first-order valence-electron chi connectivity index (χ1n) is 11.2. The van der Waals surface area contributed by atoms with Gasteiger partial charge in [-0.2, -0.15) is 0 Å². The van der Waals surface area contributed by atoms with Gasteiger partial charge in [0.25, 0.3) is 0 Å². The second-order valence-electron chi connectivity index (χ2n) is 8.54. The maximum absolute atomic E-state index is 12.5. The number of aliphatic carboxylic acids is 1. The summed E-state index contributed by atoms with van der Waals surface area (Å²) in [6.07, 6.45) is -1.63. The van der Waals surface area contributed by atoms with E-state index >= 15 is 0 Å². The number of aliphatic hydroxyl groups is 2. The molecule has 202 valence electrons. The Labute approximate surface area is 216 Å². The number of methoxy groups -OCH3 is 1. The second kappa shape index (κ2) is 11.7. The van der Waals surface area contributed by atoms with Crippen LogP contribution in [0.3, 0.4) is 0 Å². The van der Waals surface area contributed by atoms with Gasteiger partial charge >= 0.3 is 17.9 Å². The van der Waals surface area contributed by atoms with Crippen LogP contribution in [0, 0.1) is 0 Å². The maximum Gasteiger partial charge on any atom is 0.335 e. The van der Waals surface area contributed by atoms with Crippen molar-refractivity contribution >= 4 is 30.1 Å². The molecule has 0 unspecified atom stereocenters. The lowest BCUT2D eigenvalue weighted by Gasteiger charge is -2.40. The van der Waals surface area contributed by atoms with E-state index in [-0.39, 0.29) is 17.2 Å². The highest BCUT2D eigenvalue weighted by atomic mass is 16.6. The fourth-order valence-corrected chi connectivity index (χ4v) is 3.83. The molecule has 12 heteroatoms. The standard InChI is InChI=1S/C26H26O12/c1-36-20-7-3-15(11-18(20)29)5-9-23(32)38-24-19(30)12-26(35,25(33)34)13-21(24)37-22(31)8-4-14-2-6-16(27)17(28)10-14/h2-11,19,21,24,27-30,35H,12-13H2,1H3,(H,33,34)/b8-4+,9-5+/t19-,21-,24-,26+/m1/s1. The predicted molar refractivity (Wildman–Crippen MR) is 130 cm³/mol. The number of aromatic hydroxyl groups is 3. The number of rotatable bonds is 8. The predicted octanol–water partition coefficient (Wildman–Crippen LogP) is 1.33. The number of phenols is 3. The van der Waals surface area contributed by atoms with E-state index in [1.165, 1.54) is 49.6 Å². The molecule has 0 aliphatic heterocycles. The van der Waals surface area contributed by atoms with Crippen LogP contribution in [0.15, 0.2) is 48.6 Å². The van der Waals surface area contributed by atoms with Crippen molar-refractivity contribution < 1.29 is 59.2 Å². The normalized spacial score (nSPS) is 23.3. The molecule has 4 atom stereocenters. The van der Waals surface area contributed by atoms with Crippen LogP contribution in [0.5, 0.6) is 23.0 Å². The molecule has 0 radical (unpaired) electrons. The van der Waals surface area contributed by atoms with E-state index in [1.54, 1.807) is 6.07 Å². The monoisotopic (exact) mass is 530 g/mol. The molecule has 0 saturated heterocycles. The van der Waals surface area contributed by atoms with E-state index in [2.05, 4.69) is 0 Å². The molecule has 3 rings (SSSR count). The van der Waals surface area contributed by atoms with E-state index in [9.17, 15) is 45.0 Å². The Kier molecular flexibility index (Phi) is 8.61. The highest BCUT2D eigenvalue weighted by Gasteiger charge is 2.52. The van der Waals surface area contributed by atoms with Crippen LogP contribution in [0.4, 0.5) is 0 Å². The molecule has 0 spiro atoms. The molecule has 0 heterocycles. The van der Waals surface area contributed by atoms with E-state index in [0.717, 1.165) is 12.2 Å². The zero-order valence-electron chi connectivity index (χ0n) is 20.1. The second-order valence-corrected chi connectivity index (χ2v) is 8.54.